The Morgan fingerprint density at radius 2 is 1.77 bits per heavy atom. The number of carbonyl (C=O) groups excluding carboxylic acids is 2. The first-order valence-corrected chi connectivity index (χ1v) is 7.10. The summed E-state index contributed by atoms with van der Waals surface area (Å²) in [6.07, 6.45) is 1.65. The molecule has 0 aromatic rings. The predicted octanol–water partition coefficient (Wildman–Crippen LogP) is 0.260. The van der Waals surface area contributed by atoms with Crippen molar-refractivity contribution in [3.63, 3.8) is 0 Å². The lowest BCUT2D eigenvalue weighted by Crippen LogP contribution is -2.55. The summed E-state index contributed by atoms with van der Waals surface area (Å²) < 4.78 is 0. The number of piperazine rings is 1. The van der Waals surface area contributed by atoms with Gasteiger partial charge in [0.2, 0.25) is 11.8 Å². The average Bonchev–Trinajstić information content (AvgIpc) is 2.44. The quantitative estimate of drug-likeness (QED) is 0.670. The summed E-state index contributed by atoms with van der Waals surface area (Å²) in [7, 11) is 0. The van der Waals surface area contributed by atoms with Crippen LogP contribution in [-0.2, 0) is 9.59 Å². The molecule has 1 fully saturated rings. The summed E-state index contributed by atoms with van der Waals surface area (Å²) in [6.45, 7) is 11.0. The Bertz CT molecular complexity index is 359. The first kappa shape index (κ1) is 23.4. The van der Waals surface area contributed by atoms with E-state index in [1.54, 1.807) is 11.0 Å². The van der Waals surface area contributed by atoms with Crippen LogP contribution in [0.1, 0.15) is 13.8 Å². The Morgan fingerprint density at radius 1 is 1.23 bits per heavy atom. The molecule has 2 amide bonds. The highest BCUT2D eigenvalue weighted by molar-refractivity contribution is 5.85. The van der Waals surface area contributed by atoms with Crippen molar-refractivity contribution in [3.8, 4) is 0 Å². The van der Waals surface area contributed by atoms with E-state index in [-0.39, 0.29) is 42.5 Å². The molecule has 1 atom stereocenters. The molecular formula is C14H28Cl2N4O2. The molecule has 1 rings (SSSR count). The maximum Gasteiger partial charge on any atom is 0.239 e. The van der Waals surface area contributed by atoms with Gasteiger partial charge < -0.3 is 16.0 Å². The van der Waals surface area contributed by atoms with E-state index in [1.165, 1.54) is 0 Å². The largest absolute Gasteiger partial charge is 0.352 e. The van der Waals surface area contributed by atoms with Gasteiger partial charge in [0.1, 0.15) is 0 Å². The summed E-state index contributed by atoms with van der Waals surface area (Å²) in [6, 6.07) is -0.433. The van der Waals surface area contributed by atoms with Gasteiger partial charge in [-0.1, -0.05) is 19.9 Å². The number of halogens is 2. The van der Waals surface area contributed by atoms with Crippen molar-refractivity contribution in [2.75, 3.05) is 39.3 Å². The molecule has 0 aliphatic carbocycles. The average molecular weight is 355 g/mol. The zero-order valence-electron chi connectivity index (χ0n) is 13.3. The van der Waals surface area contributed by atoms with Crippen LogP contribution in [-0.4, -0.2) is 66.9 Å². The molecule has 0 unspecified atom stereocenters. The highest BCUT2D eigenvalue weighted by Crippen LogP contribution is 2.07. The van der Waals surface area contributed by atoms with Gasteiger partial charge in [-0.3, -0.25) is 14.5 Å². The molecule has 0 radical (unpaired) electrons. The number of hydrogen-bond acceptors (Lipinski definition) is 4. The van der Waals surface area contributed by atoms with Gasteiger partial charge in [-0.2, -0.15) is 0 Å². The predicted molar refractivity (Wildman–Crippen MR) is 93.5 cm³/mol. The van der Waals surface area contributed by atoms with Crippen LogP contribution in [0.3, 0.4) is 0 Å². The highest BCUT2D eigenvalue weighted by Gasteiger charge is 2.27. The molecule has 1 heterocycles. The van der Waals surface area contributed by atoms with E-state index in [2.05, 4.69) is 11.9 Å². The van der Waals surface area contributed by atoms with Gasteiger partial charge in [-0.05, 0) is 5.92 Å². The minimum absolute atomic E-state index is 0. The highest BCUT2D eigenvalue weighted by atomic mass is 35.5. The number of hydrogen-bond donors (Lipinski definition) is 2. The Kier molecular flexibility index (Phi) is 12.5. The molecule has 0 spiro atoms. The number of nitrogens with one attached hydrogen (secondary N) is 1. The number of rotatable bonds is 6. The van der Waals surface area contributed by atoms with Gasteiger partial charge in [0.25, 0.3) is 0 Å². The van der Waals surface area contributed by atoms with Crippen molar-refractivity contribution in [2.24, 2.45) is 11.7 Å². The third kappa shape index (κ3) is 7.45. The van der Waals surface area contributed by atoms with Crippen LogP contribution >= 0.6 is 24.8 Å². The topological polar surface area (TPSA) is 78.7 Å². The van der Waals surface area contributed by atoms with E-state index in [9.17, 15) is 9.59 Å². The molecule has 3 N–H and O–H groups in total. The Labute approximate surface area is 145 Å². The SMILES string of the molecule is C=CCNC(=O)CN1CCN(C(=O)[C@@H](N)C(C)C)CC1.Cl.Cl. The normalized spacial score (nSPS) is 16.3. The molecule has 1 saturated heterocycles. The number of amides is 2. The monoisotopic (exact) mass is 354 g/mol. The zero-order chi connectivity index (χ0) is 15.1. The lowest BCUT2D eigenvalue weighted by Gasteiger charge is -2.36. The summed E-state index contributed by atoms with van der Waals surface area (Å²) in [5.74, 6) is 0.143. The molecule has 8 heteroatoms. The minimum atomic E-state index is -0.433. The number of nitrogens with two attached hydrogens (primary N) is 1. The minimum Gasteiger partial charge on any atom is -0.352 e. The second-order valence-electron chi connectivity index (χ2n) is 5.46. The summed E-state index contributed by atoms with van der Waals surface area (Å²) in [5.41, 5.74) is 5.88. The van der Waals surface area contributed by atoms with Crippen LogP contribution in [0.2, 0.25) is 0 Å². The van der Waals surface area contributed by atoms with Crippen LogP contribution in [0.25, 0.3) is 0 Å². The van der Waals surface area contributed by atoms with Crippen molar-refractivity contribution >= 4 is 36.6 Å². The van der Waals surface area contributed by atoms with E-state index in [4.69, 9.17) is 5.73 Å². The number of carbonyl (C=O) groups is 2. The molecule has 0 aromatic carbocycles. The molecule has 0 bridgehead atoms. The maximum absolute atomic E-state index is 12.1. The fourth-order valence-corrected chi connectivity index (χ4v) is 2.07. The first-order valence-electron chi connectivity index (χ1n) is 7.10. The van der Waals surface area contributed by atoms with Crippen LogP contribution < -0.4 is 11.1 Å². The molecule has 1 aliphatic heterocycles. The van der Waals surface area contributed by atoms with Crippen molar-refractivity contribution in [2.45, 2.75) is 19.9 Å². The van der Waals surface area contributed by atoms with E-state index in [0.717, 1.165) is 0 Å². The Morgan fingerprint density at radius 3 is 2.23 bits per heavy atom. The van der Waals surface area contributed by atoms with Crippen LogP contribution in [0, 0.1) is 5.92 Å². The van der Waals surface area contributed by atoms with Gasteiger partial charge in [-0.15, -0.1) is 31.4 Å². The smallest absolute Gasteiger partial charge is 0.239 e. The van der Waals surface area contributed by atoms with Crippen LogP contribution in [0.4, 0.5) is 0 Å². The lowest BCUT2D eigenvalue weighted by molar-refractivity contribution is -0.135. The van der Waals surface area contributed by atoms with Crippen molar-refractivity contribution < 1.29 is 9.59 Å². The van der Waals surface area contributed by atoms with Crippen LogP contribution in [0.5, 0.6) is 0 Å². The second-order valence-corrected chi connectivity index (χ2v) is 5.46. The Balaban J connectivity index is 0. The molecule has 0 saturated carbocycles. The van der Waals surface area contributed by atoms with Gasteiger partial charge >= 0.3 is 0 Å². The fraction of sp³-hybridized carbons (Fsp3) is 0.714. The Hall–Kier alpha value is -0.820. The van der Waals surface area contributed by atoms with Crippen molar-refractivity contribution in [1.29, 1.82) is 0 Å². The first-order chi connectivity index (χ1) is 9.45. The van der Waals surface area contributed by atoms with Crippen molar-refractivity contribution in [3.05, 3.63) is 12.7 Å². The third-order valence-corrected chi connectivity index (χ3v) is 3.50. The second kappa shape index (κ2) is 11.7. The zero-order valence-corrected chi connectivity index (χ0v) is 14.9. The van der Waals surface area contributed by atoms with E-state index >= 15 is 0 Å². The summed E-state index contributed by atoms with van der Waals surface area (Å²) >= 11 is 0. The van der Waals surface area contributed by atoms with Gasteiger partial charge in [0.05, 0.1) is 12.6 Å². The molecule has 0 aromatic heterocycles. The summed E-state index contributed by atoms with van der Waals surface area (Å²) in [4.78, 5) is 27.5. The third-order valence-electron chi connectivity index (χ3n) is 3.50. The fourth-order valence-electron chi connectivity index (χ4n) is 2.07. The summed E-state index contributed by atoms with van der Waals surface area (Å²) in [5, 5.41) is 2.75. The van der Waals surface area contributed by atoms with E-state index in [1.807, 2.05) is 18.7 Å². The maximum atomic E-state index is 12.1. The lowest BCUT2D eigenvalue weighted by atomic mass is 10.0. The van der Waals surface area contributed by atoms with Crippen molar-refractivity contribution in [1.82, 2.24) is 15.1 Å². The molecular weight excluding hydrogens is 327 g/mol. The van der Waals surface area contributed by atoms with Gasteiger partial charge in [-0.25, -0.2) is 0 Å². The van der Waals surface area contributed by atoms with Crippen LogP contribution in [0.15, 0.2) is 12.7 Å². The standard InChI is InChI=1S/C14H26N4O2.2ClH/c1-4-5-16-12(19)10-17-6-8-18(9-7-17)14(20)13(15)11(2)3;;/h4,11,13H,1,5-10,15H2,2-3H3,(H,16,19);2*1H/t13-;;/m0../s1. The molecule has 6 nitrogen and oxygen atoms in total. The molecule has 130 valence electrons. The number of nitrogens with zero attached hydrogens (tertiary/aromatic N) is 2. The van der Waals surface area contributed by atoms with Gasteiger partial charge in [0, 0.05) is 32.7 Å². The van der Waals surface area contributed by atoms with Gasteiger partial charge in [0.15, 0.2) is 0 Å². The molecule has 1 aliphatic rings. The van der Waals surface area contributed by atoms with E-state index < -0.39 is 6.04 Å². The molecule has 22 heavy (non-hydrogen) atoms. The van der Waals surface area contributed by atoms with E-state index in [0.29, 0.717) is 39.3 Å².